The van der Waals surface area contributed by atoms with E-state index in [1.165, 1.54) is 6.07 Å². The third kappa shape index (κ3) is 6.02. The molecule has 1 atom stereocenters. The average molecular weight is 480 g/mol. The lowest BCUT2D eigenvalue weighted by Gasteiger charge is -2.38. The van der Waals surface area contributed by atoms with E-state index in [9.17, 15) is 9.18 Å². The first-order valence-electron chi connectivity index (χ1n) is 11.4. The molecule has 7 heteroatoms. The molecule has 0 aromatic heterocycles. The minimum Gasteiger partial charge on any atom is -0.366 e. The second-order valence-corrected chi connectivity index (χ2v) is 9.23. The number of primary amides is 1. The van der Waals surface area contributed by atoms with Gasteiger partial charge in [-0.05, 0) is 72.7 Å². The van der Waals surface area contributed by atoms with Gasteiger partial charge >= 0.3 is 0 Å². The highest BCUT2D eigenvalue weighted by Crippen LogP contribution is 2.42. The summed E-state index contributed by atoms with van der Waals surface area (Å²) < 4.78 is 14.4. The quantitative estimate of drug-likeness (QED) is 0.551. The van der Waals surface area contributed by atoms with Crippen LogP contribution in [0.3, 0.4) is 0 Å². The molecule has 2 aromatic carbocycles. The summed E-state index contributed by atoms with van der Waals surface area (Å²) in [7, 11) is 0. The van der Waals surface area contributed by atoms with Crippen LogP contribution in [-0.4, -0.2) is 41.9 Å². The molecule has 0 radical (unpaired) electrons. The van der Waals surface area contributed by atoms with Crippen molar-refractivity contribution in [2.45, 2.75) is 52.1 Å². The van der Waals surface area contributed by atoms with Gasteiger partial charge in [0.15, 0.2) is 0 Å². The van der Waals surface area contributed by atoms with Crippen molar-refractivity contribution in [3.05, 3.63) is 68.4 Å². The summed E-state index contributed by atoms with van der Waals surface area (Å²) in [5, 5.41) is 1.30. The van der Waals surface area contributed by atoms with Crippen LogP contribution in [0.1, 0.15) is 72.6 Å². The molecule has 1 aliphatic carbocycles. The van der Waals surface area contributed by atoms with Gasteiger partial charge in [0.1, 0.15) is 5.82 Å². The number of nitrogens with two attached hydrogens (primary N) is 1. The summed E-state index contributed by atoms with van der Waals surface area (Å²) in [5.41, 5.74) is 8.50. The maximum Gasteiger partial charge on any atom is 0.251 e. The number of hydrogen-bond acceptors (Lipinski definition) is 3. The van der Waals surface area contributed by atoms with E-state index in [0.29, 0.717) is 22.5 Å². The Morgan fingerprint density at radius 3 is 2.19 bits per heavy atom. The highest BCUT2D eigenvalue weighted by atomic mass is 35.5. The Labute approximate surface area is 200 Å². The number of rotatable bonds is 6. The number of carbonyl (C=O) groups excluding carboxylic acids is 1. The van der Waals surface area contributed by atoms with Crippen molar-refractivity contribution in [3.8, 4) is 0 Å². The molecule has 32 heavy (non-hydrogen) atoms. The van der Waals surface area contributed by atoms with Crippen molar-refractivity contribution in [2.75, 3.05) is 26.2 Å². The van der Waals surface area contributed by atoms with Gasteiger partial charge in [0.05, 0.1) is 5.56 Å². The lowest BCUT2D eigenvalue weighted by Crippen LogP contribution is -2.46. The van der Waals surface area contributed by atoms with Crippen LogP contribution in [-0.2, 0) is 6.54 Å². The minimum absolute atomic E-state index is 0.000484. The van der Waals surface area contributed by atoms with Crippen molar-refractivity contribution in [2.24, 2.45) is 5.73 Å². The summed E-state index contributed by atoms with van der Waals surface area (Å²) in [5.74, 6) is -0.802. The van der Waals surface area contributed by atoms with Crippen LogP contribution < -0.4 is 5.73 Å². The third-order valence-corrected chi connectivity index (χ3v) is 6.66. The number of amides is 1. The topological polar surface area (TPSA) is 49.6 Å². The van der Waals surface area contributed by atoms with E-state index >= 15 is 0 Å². The summed E-state index contributed by atoms with van der Waals surface area (Å²) in [6.45, 7) is 10.5. The Hall–Kier alpha value is -1.66. The zero-order chi connectivity index (χ0) is 23.4. The number of nitrogens with zero attached hydrogens (tertiary/aromatic N) is 2. The van der Waals surface area contributed by atoms with E-state index in [0.717, 1.165) is 55.7 Å². The highest BCUT2D eigenvalue weighted by molar-refractivity contribution is 6.34. The molecule has 4 rings (SSSR count). The molecule has 1 saturated heterocycles. The maximum atomic E-state index is 14.4. The van der Waals surface area contributed by atoms with E-state index in [1.807, 2.05) is 26.0 Å². The molecule has 2 aliphatic rings. The van der Waals surface area contributed by atoms with Gasteiger partial charge < -0.3 is 5.73 Å². The highest BCUT2D eigenvalue weighted by Gasteiger charge is 2.29. The normalized spacial score (nSPS) is 18.1. The molecule has 2 aromatic rings. The SMILES string of the molecule is CC.CC(c1cc(Cl)cc(Cl)c1)N1CCN(Cc2cc(F)c(C(N)=O)cc2C2CC2)CC1. The molecule has 174 valence electrons. The Morgan fingerprint density at radius 1 is 1.06 bits per heavy atom. The standard InChI is InChI=1S/C23H26Cl2FN3O.C2H6/c1-14(16-8-18(24)11-19(25)9-16)29-6-4-28(5-7-29)13-17-10-22(26)21(23(27)30)12-20(17)15-2-3-15;1-2/h8-12,14-15H,2-7,13H2,1H3,(H2,27,30);1-2H3. The second kappa shape index (κ2) is 11.0. The predicted octanol–water partition coefficient (Wildman–Crippen LogP) is 6.01. The first-order chi connectivity index (χ1) is 15.3. The molecule has 4 nitrogen and oxygen atoms in total. The van der Waals surface area contributed by atoms with Crippen LogP contribution in [0.25, 0.3) is 0 Å². The van der Waals surface area contributed by atoms with Gasteiger partial charge in [0.2, 0.25) is 0 Å². The number of benzene rings is 2. The van der Waals surface area contributed by atoms with Crippen LogP contribution in [0.2, 0.25) is 10.0 Å². The number of carbonyl (C=O) groups is 1. The van der Waals surface area contributed by atoms with Crippen molar-refractivity contribution in [1.29, 1.82) is 0 Å². The van der Waals surface area contributed by atoms with Crippen LogP contribution in [0.5, 0.6) is 0 Å². The zero-order valence-electron chi connectivity index (χ0n) is 19.0. The Kier molecular flexibility index (Phi) is 8.56. The smallest absolute Gasteiger partial charge is 0.251 e. The maximum absolute atomic E-state index is 14.4. The largest absolute Gasteiger partial charge is 0.366 e. The first kappa shape index (κ1) is 25.0. The molecule has 0 spiro atoms. The van der Waals surface area contributed by atoms with Gasteiger partial charge in [-0.25, -0.2) is 4.39 Å². The monoisotopic (exact) mass is 479 g/mol. The van der Waals surface area contributed by atoms with Gasteiger partial charge in [0, 0.05) is 48.8 Å². The first-order valence-corrected chi connectivity index (χ1v) is 12.1. The van der Waals surface area contributed by atoms with E-state index in [4.69, 9.17) is 28.9 Å². The lowest BCUT2D eigenvalue weighted by atomic mass is 9.98. The molecule has 1 heterocycles. The van der Waals surface area contributed by atoms with Crippen molar-refractivity contribution in [3.63, 3.8) is 0 Å². The zero-order valence-corrected chi connectivity index (χ0v) is 20.5. The summed E-state index contributed by atoms with van der Waals surface area (Å²) in [6, 6.07) is 9.09. The molecule has 1 amide bonds. The van der Waals surface area contributed by atoms with Crippen LogP contribution >= 0.6 is 23.2 Å². The Morgan fingerprint density at radius 2 is 1.66 bits per heavy atom. The average Bonchev–Trinajstić information content (AvgIpc) is 3.60. The number of halogens is 3. The van der Waals surface area contributed by atoms with E-state index < -0.39 is 11.7 Å². The summed E-state index contributed by atoms with van der Waals surface area (Å²) in [4.78, 5) is 16.3. The van der Waals surface area contributed by atoms with E-state index in [2.05, 4.69) is 16.7 Å². The van der Waals surface area contributed by atoms with Crippen LogP contribution in [0.4, 0.5) is 4.39 Å². The van der Waals surface area contributed by atoms with Crippen molar-refractivity contribution >= 4 is 29.1 Å². The molecular formula is C25H32Cl2FN3O. The van der Waals surface area contributed by atoms with Gasteiger partial charge in [-0.3, -0.25) is 14.6 Å². The summed E-state index contributed by atoms with van der Waals surface area (Å²) >= 11 is 12.3. The number of piperazine rings is 1. The summed E-state index contributed by atoms with van der Waals surface area (Å²) in [6.07, 6.45) is 2.18. The minimum atomic E-state index is -0.704. The fraction of sp³-hybridized carbons (Fsp3) is 0.480. The second-order valence-electron chi connectivity index (χ2n) is 8.36. The van der Waals surface area contributed by atoms with Gasteiger partial charge in [0.25, 0.3) is 5.91 Å². The van der Waals surface area contributed by atoms with Crippen molar-refractivity contribution < 1.29 is 9.18 Å². The van der Waals surface area contributed by atoms with Crippen LogP contribution in [0.15, 0.2) is 30.3 Å². The third-order valence-electron chi connectivity index (χ3n) is 6.23. The Bertz CT molecular complexity index is 936. The fourth-order valence-corrected chi connectivity index (χ4v) is 4.85. The number of hydrogen-bond donors (Lipinski definition) is 1. The van der Waals surface area contributed by atoms with E-state index in [1.54, 1.807) is 12.1 Å². The molecule has 2 fully saturated rings. The molecule has 0 bridgehead atoms. The molecule has 2 N–H and O–H groups in total. The lowest BCUT2D eigenvalue weighted by molar-refractivity contribution is 0.0975. The fourth-order valence-electron chi connectivity index (χ4n) is 4.31. The van der Waals surface area contributed by atoms with E-state index in [-0.39, 0.29) is 11.6 Å². The molecule has 1 unspecified atom stereocenters. The van der Waals surface area contributed by atoms with Gasteiger partial charge in [-0.1, -0.05) is 37.0 Å². The molecule has 1 saturated carbocycles. The molecular weight excluding hydrogens is 448 g/mol. The Balaban J connectivity index is 0.00000141. The van der Waals surface area contributed by atoms with Crippen LogP contribution in [0, 0.1) is 5.82 Å². The van der Waals surface area contributed by atoms with Gasteiger partial charge in [-0.2, -0.15) is 0 Å². The molecule has 1 aliphatic heterocycles. The predicted molar refractivity (Wildman–Crippen MR) is 130 cm³/mol. The van der Waals surface area contributed by atoms with Gasteiger partial charge in [-0.15, -0.1) is 0 Å². The van der Waals surface area contributed by atoms with Crippen molar-refractivity contribution in [1.82, 2.24) is 9.80 Å².